The fourth-order valence-electron chi connectivity index (χ4n) is 4.69. The van der Waals surface area contributed by atoms with Crippen LogP contribution in [0.2, 0.25) is 5.02 Å². The number of benzene rings is 3. The molecule has 0 radical (unpaired) electrons. The molecule has 3 aromatic carbocycles. The van der Waals surface area contributed by atoms with Gasteiger partial charge in [-0.25, -0.2) is 0 Å². The minimum absolute atomic E-state index is 0.105. The fraction of sp³-hybridized carbons (Fsp3) is 0.222. The zero-order valence-corrected chi connectivity index (χ0v) is 19.1. The molecule has 0 atom stereocenters. The number of aromatic hydroxyl groups is 1. The van der Waals surface area contributed by atoms with Gasteiger partial charge in [0, 0.05) is 10.6 Å². The number of phenols is 1. The van der Waals surface area contributed by atoms with Gasteiger partial charge in [0.2, 0.25) is 5.43 Å². The number of hydrogen-bond donors (Lipinski definition) is 3. The number of quaternary nitrogens is 2. The Balaban J connectivity index is 1.35. The summed E-state index contributed by atoms with van der Waals surface area (Å²) >= 11 is 5.98. The molecule has 168 valence electrons. The van der Waals surface area contributed by atoms with E-state index in [1.807, 2.05) is 18.2 Å². The number of nitrogens with one attached hydrogen (secondary N) is 2. The Bertz CT molecular complexity index is 1310. The number of halogens is 1. The summed E-state index contributed by atoms with van der Waals surface area (Å²) in [5.74, 6) is 0.177. The van der Waals surface area contributed by atoms with Crippen molar-refractivity contribution in [1.82, 2.24) is 0 Å². The molecule has 5 nitrogen and oxygen atoms in total. The SMILES string of the molecule is O=c1c(-c2ccc(Cl)cc2)coc2c(C[NH+]3CC[NH+](Cc4ccccc4)CC3)c(O)ccc12. The van der Waals surface area contributed by atoms with Crippen LogP contribution in [0.15, 0.2) is 82.2 Å². The average Bonchev–Trinajstić information content (AvgIpc) is 2.84. The van der Waals surface area contributed by atoms with Gasteiger partial charge >= 0.3 is 0 Å². The maximum Gasteiger partial charge on any atom is 0.200 e. The number of rotatable bonds is 5. The largest absolute Gasteiger partial charge is 0.507 e. The smallest absolute Gasteiger partial charge is 0.200 e. The first-order valence-corrected chi connectivity index (χ1v) is 11.7. The quantitative estimate of drug-likeness (QED) is 0.426. The average molecular weight is 463 g/mol. The maximum atomic E-state index is 13.2. The van der Waals surface area contributed by atoms with Crippen molar-refractivity contribution >= 4 is 22.6 Å². The summed E-state index contributed by atoms with van der Waals surface area (Å²) in [5, 5.41) is 11.7. The minimum atomic E-state index is -0.105. The van der Waals surface area contributed by atoms with E-state index >= 15 is 0 Å². The maximum absolute atomic E-state index is 13.2. The molecule has 4 aromatic rings. The van der Waals surface area contributed by atoms with Gasteiger partial charge in [-0.2, -0.15) is 0 Å². The Hall–Kier alpha value is -3.12. The molecule has 33 heavy (non-hydrogen) atoms. The lowest BCUT2D eigenvalue weighted by atomic mass is 10.0. The molecule has 0 bridgehead atoms. The lowest BCUT2D eigenvalue weighted by Gasteiger charge is -2.30. The molecule has 1 aromatic heterocycles. The molecule has 1 aliphatic rings. The van der Waals surface area contributed by atoms with Crippen molar-refractivity contribution in [2.24, 2.45) is 0 Å². The van der Waals surface area contributed by atoms with Crippen LogP contribution in [0, 0.1) is 0 Å². The number of phenolic OH excluding ortho intramolecular Hbond substituents is 1. The van der Waals surface area contributed by atoms with E-state index in [1.165, 1.54) is 16.7 Å². The summed E-state index contributed by atoms with van der Waals surface area (Å²) in [6.45, 7) is 5.82. The van der Waals surface area contributed by atoms with E-state index in [0.717, 1.165) is 38.3 Å². The molecule has 1 aliphatic heterocycles. The predicted molar refractivity (Wildman–Crippen MR) is 130 cm³/mol. The van der Waals surface area contributed by atoms with Gasteiger partial charge in [0.1, 0.15) is 56.9 Å². The highest BCUT2D eigenvalue weighted by Gasteiger charge is 2.26. The molecule has 0 spiro atoms. The first-order chi connectivity index (χ1) is 16.1. The van der Waals surface area contributed by atoms with Crippen LogP contribution in [0.4, 0.5) is 0 Å². The van der Waals surface area contributed by atoms with Gasteiger partial charge in [0.25, 0.3) is 0 Å². The summed E-state index contributed by atoms with van der Waals surface area (Å²) in [5.41, 5.74) is 3.68. The molecule has 0 amide bonds. The van der Waals surface area contributed by atoms with E-state index in [0.29, 0.717) is 33.7 Å². The second-order valence-electron chi connectivity index (χ2n) is 8.76. The van der Waals surface area contributed by atoms with E-state index in [2.05, 4.69) is 24.3 Å². The van der Waals surface area contributed by atoms with Crippen LogP contribution in [0.3, 0.4) is 0 Å². The van der Waals surface area contributed by atoms with Crippen LogP contribution < -0.4 is 15.2 Å². The van der Waals surface area contributed by atoms with Crippen LogP contribution in [-0.4, -0.2) is 31.3 Å². The molecule has 1 saturated heterocycles. The Kier molecular flexibility index (Phi) is 6.18. The van der Waals surface area contributed by atoms with Crippen LogP contribution in [0.25, 0.3) is 22.1 Å². The molecule has 6 heteroatoms. The van der Waals surface area contributed by atoms with Gasteiger partial charge in [0.15, 0.2) is 0 Å². The third kappa shape index (κ3) is 4.67. The molecule has 3 N–H and O–H groups in total. The molecule has 0 saturated carbocycles. The minimum Gasteiger partial charge on any atom is -0.507 e. The summed E-state index contributed by atoms with van der Waals surface area (Å²) in [6, 6.07) is 21.0. The van der Waals surface area contributed by atoms with E-state index in [9.17, 15) is 9.90 Å². The summed E-state index contributed by atoms with van der Waals surface area (Å²) in [4.78, 5) is 16.2. The molecule has 2 heterocycles. The highest BCUT2D eigenvalue weighted by atomic mass is 35.5. The Morgan fingerprint density at radius 1 is 0.848 bits per heavy atom. The Morgan fingerprint density at radius 3 is 2.21 bits per heavy atom. The molecule has 1 fully saturated rings. The summed E-state index contributed by atoms with van der Waals surface area (Å²) in [6.07, 6.45) is 1.49. The third-order valence-corrected chi connectivity index (χ3v) is 6.81. The molecule has 5 rings (SSSR count). The van der Waals surface area contributed by atoms with Crippen molar-refractivity contribution in [3.63, 3.8) is 0 Å². The molecule has 0 unspecified atom stereocenters. The number of hydrogen-bond acceptors (Lipinski definition) is 3. The summed E-state index contributed by atoms with van der Waals surface area (Å²) < 4.78 is 5.95. The summed E-state index contributed by atoms with van der Waals surface area (Å²) in [7, 11) is 0. The van der Waals surface area contributed by atoms with Gasteiger partial charge < -0.3 is 19.3 Å². The van der Waals surface area contributed by atoms with Gasteiger partial charge in [-0.05, 0) is 29.8 Å². The van der Waals surface area contributed by atoms with Crippen molar-refractivity contribution in [2.75, 3.05) is 26.2 Å². The first-order valence-electron chi connectivity index (χ1n) is 11.3. The zero-order chi connectivity index (χ0) is 22.8. The van der Waals surface area contributed by atoms with Crippen molar-refractivity contribution in [3.8, 4) is 16.9 Å². The van der Waals surface area contributed by atoms with Crippen LogP contribution in [-0.2, 0) is 13.1 Å². The van der Waals surface area contributed by atoms with E-state index in [4.69, 9.17) is 16.0 Å². The molecular weight excluding hydrogens is 436 g/mol. The molecular formula is C27H27ClN2O3+2. The Labute approximate surface area is 197 Å². The molecule has 0 aliphatic carbocycles. The van der Waals surface area contributed by atoms with E-state index < -0.39 is 0 Å². The van der Waals surface area contributed by atoms with Crippen molar-refractivity contribution in [3.05, 3.63) is 99.4 Å². The van der Waals surface area contributed by atoms with Gasteiger partial charge in [0.05, 0.1) is 16.5 Å². The lowest BCUT2D eigenvalue weighted by Crippen LogP contribution is -3.27. The van der Waals surface area contributed by atoms with Crippen LogP contribution in [0.5, 0.6) is 5.75 Å². The van der Waals surface area contributed by atoms with Crippen molar-refractivity contribution < 1.29 is 19.3 Å². The van der Waals surface area contributed by atoms with Gasteiger partial charge in [-0.1, -0.05) is 54.1 Å². The predicted octanol–water partition coefficient (Wildman–Crippen LogP) is 2.30. The van der Waals surface area contributed by atoms with Crippen LogP contribution >= 0.6 is 11.6 Å². The second kappa shape index (κ2) is 9.40. The van der Waals surface area contributed by atoms with Crippen LogP contribution in [0.1, 0.15) is 11.1 Å². The zero-order valence-electron chi connectivity index (χ0n) is 18.3. The monoisotopic (exact) mass is 462 g/mol. The lowest BCUT2D eigenvalue weighted by molar-refractivity contribution is -1.02. The van der Waals surface area contributed by atoms with Gasteiger partial charge in [-0.15, -0.1) is 0 Å². The highest BCUT2D eigenvalue weighted by Crippen LogP contribution is 2.28. The van der Waals surface area contributed by atoms with Gasteiger partial charge in [-0.3, -0.25) is 4.79 Å². The Morgan fingerprint density at radius 2 is 1.52 bits per heavy atom. The van der Waals surface area contributed by atoms with E-state index in [-0.39, 0.29) is 11.2 Å². The third-order valence-electron chi connectivity index (χ3n) is 6.56. The van der Waals surface area contributed by atoms with Crippen molar-refractivity contribution in [2.45, 2.75) is 13.1 Å². The normalized spacial score (nSPS) is 18.5. The first kappa shape index (κ1) is 21.7. The van der Waals surface area contributed by atoms with Crippen molar-refractivity contribution in [1.29, 1.82) is 0 Å². The highest BCUT2D eigenvalue weighted by molar-refractivity contribution is 6.30. The topological polar surface area (TPSA) is 59.3 Å². The number of piperazine rings is 1. The fourth-order valence-corrected chi connectivity index (χ4v) is 4.82. The second-order valence-corrected chi connectivity index (χ2v) is 9.20. The van der Waals surface area contributed by atoms with E-state index in [1.54, 1.807) is 29.2 Å². The number of fused-ring (bicyclic) bond motifs is 1. The standard InChI is InChI=1S/C27H25ClN2O3/c28-21-8-6-20(7-9-21)24-18-33-27-22(26(24)32)10-11-25(31)23(27)17-30-14-12-29(13-15-30)16-19-4-2-1-3-5-19/h1-11,18,31H,12-17H2/p+2.